The summed E-state index contributed by atoms with van der Waals surface area (Å²) in [6, 6.07) is 0.293. The van der Waals surface area contributed by atoms with Gasteiger partial charge in [0, 0.05) is 12.6 Å². The molecule has 94 valence electrons. The minimum atomic E-state index is -0.400. The van der Waals surface area contributed by atoms with Crippen molar-refractivity contribution in [3.63, 3.8) is 0 Å². The summed E-state index contributed by atoms with van der Waals surface area (Å²) < 4.78 is 5.42. The van der Waals surface area contributed by atoms with Gasteiger partial charge in [-0.05, 0) is 46.0 Å². The van der Waals surface area contributed by atoms with E-state index >= 15 is 0 Å². The number of carbonyl (C=O) groups excluding carboxylic acids is 1. The number of piperidine rings is 1. The number of likely N-dealkylation sites (tertiary alicyclic amines) is 1. The second-order valence-corrected chi connectivity index (χ2v) is 6.17. The van der Waals surface area contributed by atoms with E-state index in [2.05, 4.69) is 20.8 Å². The molecule has 0 radical (unpaired) electrons. The normalized spacial score (nSPS) is 31.4. The molecule has 0 aromatic rings. The van der Waals surface area contributed by atoms with E-state index < -0.39 is 5.60 Å². The average molecular weight is 227 g/mol. The molecule has 0 aromatic heterocycles. The lowest BCUT2D eigenvalue weighted by atomic mass is 9.85. The van der Waals surface area contributed by atoms with E-state index in [4.69, 9.17) is 4.74 Å². The fraction of sp³-hybridized carbons (Fsp3) is 0.923. The molecule has 0 saturated carbocycles. The molecule has 1 amide bonds. The maximum atomic E-state index is 12.0. The molecular formula is C13H25NO2. The van der Waals surface area contributed by atoms with Crippen LogP contribution >= 0.6 is 0 Å². The fourth-order valence-electron chi connectivity index (χ4n) is 2.14. The van der Waals surface area contributed by atoms with Gasteiger partial charge in [-0.15, -0.1) is 0 Å². The van der Waals surface area contributed by atoms with E-state index in [1.165, 1.54) is 0 Å². The van der Waals surface area contributed by atoms with Crippen LogP contribution in [-0.2, 0) is 4.74 Å². The summed E-state index contributed by atoms with van der Waals surface area (Å²) in [4.78, 5) is 13.9. The molecule has 0 aliphatic carbocycles. The van der Waals surface area contributed by atoms with Gasteiger partial charge in [-0.25, -0.2) is 4.79 Å². The van der Waals surface area contributed by atoms with E-state index in [1.807, 2.05) is 25.7 Å². The molecule has 1 aliphatic rings. The van der Waals surface area contributed by atoms with Crippen molar-refractivity contribution >= 4 is 6.09 Å². The van der Waals surface area contributed by atoms with Crippen LogP contribution in [0.4, 0.5) is 4.79 Å². The number of hydrogen-bond donors (Lipinski definition) is 0. The van der Waals surface area contributed by atoms with E-state index in [0.29, 0.717) is 17.9 Å². The van der Waals surface area contributed by atoms with Crippen molar-refractivity contribution in [3.05, 3.63) is 0 Å². The predicted octanol–water partition coefficient (Wildman–Crippen LogP) is 3.29. The SMILES string of the molecule is C[C@@H]1C[C@H](C)N(C(=O)OC(C)(C)C)C[C@@H]1C. The highest BCUT2D eigenvalue weighted by atomic mass is 16.6. The lowest BCUT2D eigenvalue weighted by Crippen LogP contribution is -2.49. The smallest absolute Gasteiger partial charge is 0.410 e. The molecule has 16 heavy (non-hydrogen) atoms. The monoisotopic (exact) mass is 227 g/mol. The first-order chi connectivity index (χ1) is 7.20. The zero-order valence-electron chi connectivity index (χ0n) is 11.4. The minimum Gasteiger partial charge on any atom is -0.444 e. The van der Waals surface area contributed by atoms with E-state index in [1.54, 1.807) is 0 Å². The van der Waals surface area contributed by atoms with Gasteiger partial charge < -0.3 is 9.64 Å². The molecule has 3 heteroatoms. The van der Waals surface area contributed by atoms with Crippen LogP contribution < -0.4 is 0 Å². The van der Waals surface area contributed by atoms with E-state index in [9.17, 15) is 4.79 Å². The standard InChI is InChI=1S/C13H25NO2/c1-9-7-11(3)14(8-10(9)2)12(15)16-13(4,5)6/h9-11H,7-8H2,1-6H3/t9-,10+,11+/m1/s1. The van der Waals surface area contributed by atoms with Crippen molar-refractivity contribution in [1.29, 1.82) is 0 Å². The molecular weight excluding hydrogens is 202 g/mol. The Kier molecular flexibility index (Phi) is 3.87. The maximum absolute atomic E-state index is 12.0. The molecule has 3 atom stereocenters. The van der Waals surface area contributed by atoms with Crippen LogP contribution in [0.3, 0.4) is 0 Å². The summed E-state index contributed by atoms with van der Waals surface area (Å²) in [5.41, 5.74) is -0.400. The largest absolute Gasteiger partial charge is 0.444 e. The summed E-state index contributed by atoms with van der Waals surface area (Å²) in [5.74, 6) is 1.25. The molecule has 0 N–H and O–H groups in total. The molecule has 0 unspecified atom stereocenters. The lowest BCUT2D eigenvalue weighted by molar-refractivity contribution is -0.000374. The van der Waals surface area contributed by atoms with E-state index in [-0.39, 0.29) is 6.09 Å². The number of nitrogens with zero attached hydrogens (tertiary/aromatic N) is 1. The highest BCUT2D eigenvalue weighted by molar-refractivity contribution is 5.68. The van der Waals surface area contributed by atoms with Gasteiger partial charge in [0.25, 0.3) is 0 Å². The second kappa shape index (κ2) is 4.64. The quantitative estimate of drug-likeness (QED) is 0.635. The predicted molar refractivity (Wildman–Crippen MR) is 65.3 cm³/mol. The summed E-state index contributed by atoms with van der Waals surface area (Å²) in [6.07, 6.45) is 0.902. The first-order valence-corrected chi connectivity index (χ1v) is 6.20. The third-order valence-electron chi connectivity index (χ3n) is 3.33. The van der Waals surface area contributed by atoms with Crippen molar-refractivity contribution in [2.45, 2.75) is 59.6 Å². The summed E-state index contributed by atoms with van der Waals surface area (Å²) in [7, 11) is 0. The van der Waals surface area contributed by atoms with Gasteiger partial charge in [-0.3, -0.25) is 0 Å². The third-order valence-corrected chi connectivity index (χ3v) is 3.33. The van der Waals surface area contributed by atoms with Gasteiger partial charge in [-0.1, -0.05) is 13.8 Å². The Labute approximate surface area is 99.1 Å². The van der Waals surface area contributed by atoms with Crippen molar-refractivity contribution in [3.8, 4) is 0 Å². The Balaban J connectivity index is 2.62. The summed E-state index contributed by atoms with van der Waals surface area (Å²) in [5, 5.41) is 0. The molecule has 1 heterocycles. The first kappa shape index (κ1) is 13.3. The molecule has 0 bridgehead atoms. The van der Waals surface area contributed by atoms with Crippen LogP contribution in [0.2, 0.25) is 0 Å². The van der Waals surface area contributed by atoms with Gasteiger partial charge in [0.15, 0.2) is 0 Å². The van der Waals surface area contributed by atoms with Gasteiger partial charge in [0.2, 0.25) is 0 Å². The van der Waals surface area contributed by atoms with Crippen molar-refractivity contribution in [2.24, 2.45) is 11.8 Å². The number of amides is 1. The van der Waals surface area contributed by atoms with Gasteiger partial charge in [0.1, 0.15) is 5.60 Å². The lowest BCUT2D eigenvalue weighted by Gasteiger charge is -2.40. The van der Waals surface area contributed by atoms with Crippen LogP contribution in [-0.4, -0.2) is 29.2 Å². The van der Waals surface area contributed by atoms with E-state index in [0.717, 1.165) is 13.0 Å². The fourth-order valence-corrected chi connectivity index (χ4v) is 2.14. The molecule has 1 saturated heterocycles. The summed E-state index contributed by atoms with van der Waals surface area (Å²) in [6.45, 7) is 13.1. The highest BCUT2D eigenvalue weighted by Gasteiger charge is 2.33. The summed E-state index contributed by atoms with van der Waals surface area (Å²) >= 11 is 0. The number of rotatable bonds is 0. The molecule has 0 spiro atoms. The molecule has 3 nitrogen and oxygen atoms in total. The number of carbonyl (C=O) groups is 1. The molecule has 1 aliphatic heterocycles. The Morgan fingerprint density at radius 1 is 1.19 bits per heavy atom. The van der Waals surface area contributed by atoms with Crippen LogP contribution in [0.1, 0.15) is 48.0 Å². The third kappa shape index (κ3) is 3.39. The topological polar surface area (TPSA) is 29.5 Å². The maximum Gasteiger partial charge on any atom is 0.410 e. The van der Waals surface area contributed by atoms with Gasteiger partial charge in [0.05, 0.1) is 0 Å². The van der Waals surface area contributed by atoms with Crippen molar-refractivity contribution in [2.75, 3.05) is 6.54 Å². The Hall–Kier alpha value is -0.730. The van der Waals surface area contributed by atoms with Crippen molar-refractivity contribution < 1.29 is 9.53 Å². The Morgan fingerprint density at radius 2 is 1.75 bits per heavy atom. The molecule has 1 rings (SSSR count). The zero-order valence-corrected chi connectivity index (χ0v) is 11.4. The average Bonchev–Trinajstić information content (AvgIpc) is 2.08. The Bertz CT molecular complexity index is 257. The molecule has 0 aromatic carbocycles. The number of hydrogen-bond acceptors (Lipinski definition) is 2. The van der Waals surface area contributed by atoms with Gasteiger partial charge in [-0.2, -0.15) is 0 Å². The second-order valence-electron chi connectivity index (χ2n) is 6.17. The minimum absolute atomic E-state index is 0.168. The van der Waals surface area contributed by atoms with Crippen LogP contribution in [0.5, 0.6) is 0 Å². The highest BCUT2D eigenvalue weighted by Crippen LogP contribution is 2.28. The van der Waals surface area contributed by atoms with Crippen LogP contribution in [0, 0.1) is 11.8 Å². The van der Waals surface area contributed by atoms with Crippen molar-refractivity contribution in [1.82, 2.24) is 4.90 Å². The molecule has 1 fully saturated rings. The van der Waals surface area contributed by atoms with Gasteiger partial charge >= 0.3 is 6.09 Å². The first-order valence-electron chi connectivity index (χ1n) is 6.20. The number of ether oxygens (including phenoxy) is 1. The zero-order chi connectivity index (χ0) is 12.5. The van der Waals surface area contributed by atoms with Crippen LogP contribution in [0.15, 0.2) is 0 Å². The van der Waals surface area contributed by atoms with Crippen LogP contribution in [0.25, 0.3) is 0 Å². The Morgan fingerprint density at radius 3 is 2.25 bits per heavy atom.